The summed E-state index contributed by atoms with van der Waals surface area (Å²) in [6.45, 7) is 0. The molecule has 1 aliphatic carbocycles. The molecule has 1 atom stereocenters. The summed E-state index contributed by atoms with van der Waals surface area (Å²) in [5.74, 6) is 0.335. The van der Waals surface area contributed by atoms with Gasteiger partial charge >= 0.3 is 0 Å². The fourth-order valence-electron chi connectivity index (χ4n) is 7.97. The Morgan fingerprint density at radius 3 is 2.04 bits per heavy atom. The molecule has 0 bridgehead atoms. The Balaban J connectivity index is 1.23. The van der Waals surface area contributed by atoms with Crippen molar-refractivity contribution in [3.8, 4) is 16.8 Å². The van der Waals surface area contributed by atoms with Crippen molar-refractivity contribution in [2.75, 3.05) is 4.90 Å². The summed E-state index contributed by atoms with van der Waals surface area (Å²) in [5.41, 5.74) is 12.3. The van der Waals surface area contributed by atoms with E-state index in [-0.39, 0.29) is 0 Å². The first-order chi connectivity index (χ1) is 25.3. The summed E-state index contributed by atoms with van der Waals surface area (Å²) in [7, 11) is 0. The first kappa shape index (κ1) is 29.3. The lowest BCUT2D eigenvalue weighted by atomic mass is 9.90. The lowest BCUT2D eigenvalue weighted by Gasteiger charge is -2.31. The molecule has 10 rings (SSSR count). The topological polar surface area (TPSA) is 21.3 Å². The first-order valence-electron chi connectivity index (χ1n) is 17.6. The maximum Gasteiger partial charge on any atom is 0.137 e. The van der Waals surface area contributed by atoms with Gasteiger partial charge in [-0.1, -0.05) is 121 Å². The number of fused-ring (bicyclic) bond motifs is 6. The monoisotopic (exact) mass is 654 g/mol. The molecule has 3 nitrogen and oxygen atoms in total. The van der Waals surface area contributed by atoms with Gasteiger partial charge < -0.3 is 13.9 Å². The third kappa shape index (κ3) is 4.89. The number of rotatable bonds is 6. The van der Waals surface area contributed by atoms with E-state index in [1.165, 1.54) is 27.4 Å². The second kappa shape index (κ2) is 12.1. The van der Waals surface area contributed by atoms with Crippen LogP contribution in [-0.2, 0) is 0 Å². The van der Waals surface area contributed by atoms with Crippen molar-refractivity contribution in [1.82, 2.24) is 4.57 Å². The van der Waals surface area contributed by atoms with Crippen LogP contribution in [0.1, 0.15) is 17.9 Å². The van der Waals surface area contributed by atoms with Crippen LogP contribution in [0, 0.1) is 0 Å². The number of para-hydroxylation sites is 4. The largest absolute Gasteiger partial charge is 0.456 e. The van der Waals surface area contributed by atoms with Crippen molar-refractivity contribution >= 4 is 55.1 Å². The van der Waals surface area contributed by atoms with Gasteiger partial charge in [0.15, 0.2) is 0 Å². The molecule has 0 saturated carbocycles. The van der Waals surface area contributed by atoms with Gasteiger partial charge in [-0.3, -0.25) is 0 Å². The lowest BCUT2D eigenvalue weighted by molar-refractivity contribution is 0.669. The molecule has 242 valence electrons. The van der Waals surface area contributed by atoms with Crippen molar-refractivity contribution in [1.29, 1.82) is 0 Å². The van der Waals surface area contributed by atoms with E-state index < -0.39 is 0 Å². The minimum Gasteiger partial charge on any atom is -0.456 e. The zero-order valence-electron chi connectivity index (χ0n) is 28.0. The van der Waals surface area contributed by atoms with Crippen LogP contribution >= 0.6 is 0 Å². The second-order valence-electron chi connectivity index (χ2n) is 13.3. The second-order valence-corrected chi connectivity index (χ2v) is 13.3. The molecular formula is C48H34N2O. The Morgan fingerprint density at radius 2 is 1.25 bits per heavy atom. The molecule has 2 aromatic heterocycles. The van der Waals surface area contributed by atoms with Crippen LogP contribution in [0.3, 0.4) is 0 Å². The summed E-state index contributed by atoms with van der Waals surface area (Å²) in [5, 5.41) is 4.68. The molecule has 1 aliphatic rings. The summed E-state index contributed by atoms with van der Waals surface area (Å²) < 4.78 is 8.92. The number of anilines is 2. The number of hydrogen-bond acceptors (Lipinski definition) is 2. The molecule has 1 unspecified atom stereocenters. The average Bonchev–Trinajstić information content (AvgIpc) is 3.75. The van der Waals surface area contributed by atoms with E-state index in [2.05, 4.69) is 191 Å². The number of hydrogen-bond donors (Lipinski definition) is 0. The Morgan fingerprint density at radius 1 is 0.569 bits per heavy atom. The van der Waals surface area contributed by atoms with E-state index in [1.807, 2.05) is 6.07 Å². The Hall–Kier alpha value is -6.58. The highest BCUT2D eigenvalue weighted by Gasteiger charge is 2.26. The van der Waals surface area contributed by atoms with Crippen molar-refractivity contribution < 1.29 is 4.42 Å². The van der Waals surface area contributed by atoms with Gasteiger partial charge in [-0.05, 0) is 84.3 Å². The zero-order chi connectivity index (χ0) is 33.7. The quantitative estimate of drug-likeness (QED) is 0.178. The highest BCUT2D eigenvalue weighted by Crippen LogP contribution is 2.48. The molecule has 3 heteroatoms. The Bertz CT molecular complexity index is 2770. The molecule has 51 heavy (non-hydrogen) atoms. The normalized spacial score (nSPS) is 14.4. The van der Waals surface area contributed by atoms with Gasteiger partial charge in [0.1, 0.15) is 11.2 Å². The third-order valence-corrected chi connectivity index (χ3v) is 10.3. The van der Waals surface area contributed by atoms with Crippen LogP contribution < -0.4 is 4.90 Å². The van der Waals surface area contributed by atoms with E-state index >= 15 is 0 Å². The Kier molecular flexibility index (Phi) is 6.95. The van der Waals surface area contributed by atoms with Gasteiger partial charge in [0.2, 0.25) is 0 Å². The van der Waals surface area contributed by atoms with E-state index in [0.29, 0.717) is 5.92 Å². The predicted octanol–water partition coefficient (Wildman–Crippen LogP) is 13.1. The molecule has 7 aromatic carbocycles. The van der Waals surface area contributed by atoms with Gasteiger partial charge in [0.05, 0.1) is 22.1 Å². The lowest BCUT2D eigenvalue weighted by Crippen LogP contribution is -2.18. The van der Waals surface area contributed by atoms with Crippen LogP contribution in [-0.4, -0.2) is 4.57 Å². The van der Waals surface area contributed by atoms with E-state index in [0.717, 1.165) is 62.2 Å². The van der Waals surface area contributed by atoms with Crippen molar-refractivity contribution in [3.63, 3.8) is 0 Å². The minimum absolute atomic E-state index is 0.335. The fraction of sp³-hybridized carbons (Fsp3) is 0.0417. The molecule has 2 heterocycles. The maximum atomic E-state index is 6.54. The SMILES string of the molecule is C1=CC(c2ccccc2)CC=C1N(c1ccccc1)c1c(-c2ccc3c(c2)c2ccccc2n3-c2ccccc2)ccc2oc3ccccc3c12. The number of benzene rings is 7. The minimum atomic E-state index is 0.335. The van der Waals surface area contributed by atoms with Gasteiger partial charge in [0, 0.05) is 44.7 Å². The van der Waals surface area contributed by atoms with Crippen molar-refractivity contribution in [2.45, 2.75) is 12.3 Å². The molecule has 0 N–H and O–H groups in total. The molecule has 0 radical (unpaired) electrons. The molecule has 0 amide bonds. The molecule has 9 aromatic rings. The summed E-state index contributed by atoms with van der Waals surface area (Å²) in [4.78, 5) is 2.44. The summed E-state index contributed by atoms with van der Waals surface area (Å²) in [6.07, 6.45) is 7.97. The van der Waals surface area contributed by atoms with Gasteiger partial charge in [-0.2, -0.15) is 0 Å². The zero-order valence-corrected chi connectivity index (χ0v) is 28.0. The highest BCUT2D eigenvalue weighted by molar-refractivity contribution is 6.17. The summed E-state index contributed by atoms with van der Waals surface area (Å²) in [6, 6.07) is 60.7. The van der Waals surface area contributed by atoms with Gasteiger partial charge in [-0.15, -0.1) is 0 Å². The molecular weight excluding hydrogens is 621 g/mol. The number of allylic oxidation sites excluding steroid dienone is 3. The van der Waals surface area contributed by atoms with E-state index in [4.69, 9.17) is 4.42 Å². The first-order valence-corrected chi connectivity index (χ1v) is 17.6. The van der Waals surface area contributed by atoms with Crippen LogP contribution in [0.4, 0.5) is 11.4 Å². The van der Waals surface area contributed by atoms with Crippen LogP contribution in [0.5, 0.6) is 0 Å². The van der Waals surface area contributed by atoms with E-state index in [9.17, 15) is 0 Å². The van der Waals surface area contributed by atoms with E-state index in [1.54, 1.807) is 0 Å². The summed E-state index contributed by atoms with van der Waals surface area (Å²) >= 11 is 0. The van der Waals surface area contributed by atoms with Crippen molar-refractivity contribution in [3.05, 3.63) is 199 Å². The van der Waals surface area contributed by atoms with Crippen molar-refractivity contribution in [2.24, 2.45) is 0 Å². The molecule has 0 saturated heterocycles. The van der Waals surface area contributed by atoms with Gasteiger partial charge in [-0.25, -0.2) is 0 Å². The van der Waals surface area contributed by atoms with Crippen LogP contribution in [0.15, 0.2) is 198 Å². The molecule has 0 spiro atoms. The standard InChI is InChI=1S/C48H34N2O/c1-4-14-33(15-5-1)34-24-27-38(28-25-34)49(36-16-6-2-7-17-36)48-39(29-31-46-47(48)41-21-11-13-23-45(41)51-46)35-26-30-44-42(32-35)40-20-10-12-22-43(40)50(44)37-18-8-3-9-19-37/h1-24,26-32,34H,25H2. The Labute approximate surface area is 296 Å². The third-order valence-electron chi connectivity index (χ3n) is 10.3. The number of nitrogens with zero attached hydrogens (tertiary/aromatic N) is 2. The number of aromatic nitrogens is 1. The maximum absolute atomic E-state index is 6.54. The van der Waals surface area contributed by atoms with Gasteiger partial charge in [0.25, 0.3) is 0 Å². The fourth-order valence-corrected chi connectivity index (χ4v) is 7.97. The molecule has 0 fully saturated rings. The highest BCUT2D eigenvalue weighted by atomic mass is 16.3. The molecule has 0 aliphatic heterocycles. The number of furan rings is 1. The average molecular weight is 655 g/mol. The predicted molar refractivity (Wildman–Crippen MR) is 213 cm³/mol. The smallest absolute Gasteiger partial charge is 0.137 e. The van der Waals surface area contributed by atoms with Crippen LogP contribution in [0.25, 0.3) is 60.6 Å². The van der Waals surface area contributed by atoms with Crippen LogP contribution in [0.2, 0.25) is 0 Å².